The fourth-order valence-electron chi connectivity index (χ4n) is 1.26. The normalized spacial score (nSPS) is 9.85. The van der Waals surface area contributed by atoms with E-state index in [1.807, 2.05) is 30.3 Å². The van der Waals surface area contributed by atoms with Gasteiger partial charge in [0.2, 0.25) is 0 Å². The zero-order chi connectivity index (χ0) is 9.26. The first-order valence-corrected chi connectivity index (χ1v) is 3.99. The largest absolute Gasteiger partial charge is 0.253 e. The van der Waals surface area contributed by atoms with Gasteiger partial charge in [-0.15, -0.1) is 6.42 Å². The first-order chi connectivity index (χ1) is 6.29. The molecular formula is C12H8N. The lowest BCUT2D eigenvalue weighted by atomic mass is 10.1. The summed E-state index contributed by atoms with van der Waals surface area (Å²) in [7, 11) is 0. The lowest BCUT2D eigenvalue weighted by Gasteiger charge is -1.98. The third-order valence-electron chi connectivity index (χ3n) is 1.91. The Bertz CT molecular complexity index is 492. The van der Waals surface area contributed by atoms with E-state index >= 15 is 0 Å². The second kappa shape index (κ2) is 2.91. The van der Waals surface area contributed by atoms with Gasteiger partial charge in [0.25, 0.3) is 0 Å². The smallest absolute Gasteiger partial charge is 0.0706 e. The van der Waals surface area contributed by atoms with Crippen LogP contribution in [0.4, 0.5) is 0 Å². The maximum atomic E-state index is 5.29. The Morgan fingerprint density at radius 3 is 2.85 bits per heavy atom. The van der Waals surface area contributed by atoms with Crippen molar-refractivity contribution in [2.45, 2.75) is 0 Å². The molecule has 61 valence electrons. The predicted octanol–water partition coefficient (Wildman–Crippen LogP) is 2.40. The van der Waals surface area contributed by atoms with E-state index in [4.69, 9.17) is 6.42 Å². The van der Waals surface area contributed by atoms with Crippen LogP contribution in [0.3, 0.4) is 0 Å². The number of fused-ring (bicyclic) bond motifs is 1. The van der Waals surface area contributed by atoms with Crippen molar-refractivity contribution in [2.75, 3.05) is 0 Å². The minimum Gasteiger partial charge on any atom is -0.253 e. The highest BCUT2D eigenvalue weighted by atomic mass is 14.7. The third kappa shape index (κ3) is 1.39. The highest BCUT2D eigenvalue weighted by Gasteiger charge is 1.95. The summed E-state index contributed by atoms with van der Waals surface area (Å²) in [6.07, 6.45) is 5.29. The highest BCUT2D eigenvalue weighted by Crippen LogP contribution is 2.13. The van der Waals surface area contributed by atoms with Crippen molar-refractivity contribution in [3.05, 3.63) is 48.5 Å². The van der Waals surface area contributed by atoms with Crippen LogP contribution in [0, 0.1) is 19.3 Å². The summed E-state index contributed by atoms with van der Waals surface area (Å²) in [6.45, 7) is 3.76. The highest BCUT2D eigenvalue weighted by molar-refractivity contribution is 5.80. The number of benzene rings is 1. The van der Waals surface area contributed by atoms with E-state index < -0.39 is 0 Å². The average Bonchev–Trinajstić information content (AvgIpc) is 2.17. The molecule has 0 aliphatic carbocycles. The van der Waals surface area contributed by atoms with Crippen LogP contribution in [0.2, 0.25) is 0 Å². The molecule has 0 aliphatic heterocycles. The van der Waals surface area contributed by atoms with Crippen LogP contribution in [0.5, 0.6) is 0 Å². The Balaban J connectivity index is 2.75. The molecule has 2 aromatic rings. The quantitative estimate of drug-likeness (QED) is 0.547. The molecule has 1 heteroatoms. The molecule has 13 heavy (non-hydrogen) atoms. The molecule has 0 saturated heterocycles. The van der Waals surface area contributed by atoms with E-state index in [0.29, 0.717) is 0 Å². The molecule has 1 heterocycles. The summed E-state index contributed by atoms with van der Waals surface area (Å²) in [4.78, 5) is 4.27. The number of hydrogen-bond donors (Lipinski definition) is 0. The van der Waals surface area contributed by atoms with Gasteiger partial charge in [-0.2, -0.15) is 0 Å². The molecule has 1 aromatic carbocycles. The van der Waals surface area contributed by atoms with Crippen molar-refractivity contribution in [3.63, 3.8) is 0 Å². The zero-order valence-corrected chi connectivity index (χ0v) is 7.12. The molecule has 0 N–H and O–H groups in total. The maximum absolute atomic E-state index is 5.29. The molecule has 0 amide bonds. The van der Waals surface area contributed by atoms with Gasteiger partial charge in [0.05, 0.1) is 5.52 Å². The third-order valence-corrected chi connectivity index (χ3v) is 1.91. The van der Waals surface area contributed by atoms with E-state index in [2.05, 4.69) is 17.8 Å². The first-order valence-electron chi connectivity index (χ1n) is 3.99. The van der Waals surface area contributed by atoms with Gasteiger partial charge in [0, 0.05) is 16.6 Å². The van der Waals surface area contributed by atoms with Crippen molar-refractivity contribution in [2.24, 2.45) is 0 Å². The molecule has 0 aliphatic rings. The van der Waals surface area contributed by atoms with E-state index in [9.17, 15) is 0 Å². The van der Waals surface area contributed by atoms with Crippen LogP contribution in [0.15, 0.2) is 30.3 Å². The minimum absolute atomic E-state index is 0.779. The molecule has 0 saturated carbocycles. The molecule has 0 atom stereocenters. The van der Waals surface area contributed by atoms with Crippen LogP contribution in [-0.2, 0) is 0 Å². The number of pyridine rings is 1. The second-order valence-electron chi connectivity index (χ2n) is 2.85. The van der Waals surface area contributed by atoms with E-state index in [1.54, 1.807) is 0 Å². The number of nitrogens with zero attached hydrogens (tertiary/aromatic N) is 1. The number of rotatable bonds is 0. The molecule has 1 nitrogen and oxygen atoms in total. The number of terminal acetylenes is 1. The van der Waals surface area contributed by atoms with Crippen molar-refractivity contribution in [1.82, 2.24) is 4.98 Å². The van der Waals surface area contributed by atoms with Crippen LogP contribution < -0.4 is 0 Å². The lowest BCUT2D eigenvalue weighted by Crippen LogP contribution is -1.83. The van der Waals surface area contributed by atoms with E-state index in [-0.39, 0.29) is 0 Å². The second-order valence-corrected chi connectivity index (χ2v) is 2.85. The Hall–Kier alpha value is -1.81. The van der Waals surface area contributed by atoms with Crippen LogP contribution in [0.1, 0.15) is 11.3 Å². The van der Waals surface area contributed by atoms with Gasteiger partial charge < -0.3 is 0 Å². The maximum Gasteiger partial charge on any atom is 0.0706 e. The summed E-state index contributed by atoms with van der Waals surface area (Å²) in [5.41, 5.74) is 2.60. The summed E-state index contributed by atoms with van der Waals surface area (Å²) < 4.78 is 0. The van der Waals surface area contributed by atoms with Gasteiger partial charge in [-0.05, 0) is 31.2 Å². The summed E-state index contributed by atoms with van der Waals surface area (Å²) >= 11 is 0. The molecule has 2 rings (SSSR count). The van der Waals surface area contributed by atoms with Gasteiger partial charge in [-0.3, -0.25) is 4.98 Å². The molecule has 0 fully saturated rings. The average molecular weight is 166 g/mol. The van der Waals surface area contributed by atoms with Crippen molar-refractivity contribution in [1.29, 1.82) is 0 Å². The van der Waals surface area contributed by atoms with Crippen molar-refractivity contribution in [3.8, 4) is 12.3 Å². The number of hydrogen-bond acceptors (Lipinski definition) is 1. The van der Waals surface area contributed by atoms with E-state index in [0.717, 1.165) is 22.2 Å². The van der Waals surface area contributed by atoms with E-state index in [1.165, 1.54) is 0 Å². The predicted molar refractivity (Wildman–Crippen MR) is 54.1 cm³/mol. The fourth-order valence-corrected chi connectivity index (χ4v) is 1.26. The van der Waals surface area contributed by atoms with Crippen molar-refractivity contribution < 1.29 is 0 Å². The minimum atomic E-state index is 0.779. The topological polar surface area (TPSA) is 12.9 Å². The van der Waals surface area contributed by atoms with Gasteiger partial charge in [0.1, 0.15) is 0 Å². The molecule has 0 spiro atoms. The summed E-state index contributed by atoms with van der Waals surface area (Å²) in [5.74, 6) is 2.59. The van der Waals surface area contributed by atoms with Gasteiger partial charge in [-0.1, -0.05) is 12.0 Å². The summed E-state index contributed by atoms with van der Waals surface area (Å²) in [6, 6.07) is 9.60. The molecular weight excluding hydrogens is 158 g/mol. The number of aromatic nitrogens is 1. The van der Waals surface area contributed by atoms with Crippen molar-refractivity contribution >= 4 is 10.9 Å². The SMILES string of the molecule is C#Cc1ccc2nc([CH2])ccc2c1. The van der Waals surface area contributed by atoms with Crippen LogP contribution in [-0.4, -0.2) is 4.98 Å². The van der Waals surface area contributed by atoms with Crippen LogP contribution >= 0.6 is 0 Å². The molecule has 1 aromatic heterocycles. The van der Waals surface area contributed by atoms with Gasteiger partial charge >= 0.3 is 0 Å². The summed E-state index contributed by atoms with van der Waals surface area (Å²) in [5, 5.41) is 1.06. The van der Waals surface area contributed by atoms with Gasteiger partial charge in [-0.25, -0.2) is 0 Å². The molecule has 0 bridgehead atoms. The monoisotopic (exact) mass is 166 g/mol. The lowest BCUT2D eigenvalue weighted by molar-refractivity contribution is 1.34. The fraction of sp³-hybridized carbons (Fsp3) is 0. The molecule has 1 radical (unpaired) electrons. The Morgan fingerprint density at radius 2 is 2.08 bits per heavy atom. The Kier molecular flexibility index (Phi) is 1.75. The standard InChI is InChI=1S/C12H8N/c1-3-10-5-7-12-11(8-10)6-4-9(2)13-12/h1,4-8H,2H2. The Labute approximate surface area is 77.4 Å². The molecule has 0 unspecified atom stereocenters. The van der Waals surface area contributed by atoms with Gasteiger partial charge in [0.15, 0.2) is 0 Å². The first kappa shape index (κ1) is 7.82. The van der Waals surface area contributed by atoms with Crippen LogP contribution in [0.25, 0.3) is 10.9 Å². The Morgan fingerprint density at radius 1 is 1.23 bits per heavy atom. The zero-order valence-electron chi connectivity index (χ0n) is 7.12.